The Morgan fingerprint density at radius 3 is 2.58 bits per heavy atom. The first-order valence-electron chi connectivity index (χ1n) is 11.0. The predicted octanol–water partition coefficient (Wildman–Crippen LogP) is 2.29. The Balaban J connectivity index is 0.000000556. The van der Waals surface area contributed by atoms with Gasteiger partial charge in [-0.3, -0.25) is 9.11 Å². The highest BCUT2D eigenvalue weighted by molar-refractivity contribution is 7.79. The molecule has 0 saturated carbocycles. The number of nitrogens with zero attached hydrogens (tertiary/aromatic N) is 5. The minimum Gasteiger partial charge on any atom is -0.391 e. The first-order valence-corrected chi connectivity index (χ1v) is 12.4. The molecule has 2 aliphatic rings. The summed E-state index contributed by atoms with van der Waals surface area (Å²) in [4.78, 5) is 20.7. The van der Waals surface area contributed by atoms with Gasteiger partial charge in [0.05, 0.1) is 18.3 Å². The van der Waals surface area contributed by atoms with Gasteiger partial charge >= 0.3 is 16.4 Å². The van der Waals surface area contributed by atoms with Crippen molar-refractivity contribution in [2.45, 2.75) is 31.4 Å². The third-order valence-corrected chi connectivity index (χ3v) is 5.91. The quantitative estimate of drug-likeness (QED) is 0.375. The number of halogens is 2. The van der Waals surface area contributed by atoms with Crippen molar-refractivity contribution >= 4 is 33.6 Å². The number of amides is 2. The SMILES string of the molecule is O=C(Nc1cnn2ccc(N3CCC[C@@H]3c3cc(F)ccc3F)nc12)N1CCC(O)C1.O=S(=O)(O)O. The van der Waals surface area contributed by atoms with Crippen molar-refractivity contribution in [3.8, 4) is 0 Å². The maximum absolute atomic E-state index is 14.4. The molecule has 2 aromatic heterocycles. The van der Waals surface area contributed by atoms with Crippen molar-refractivity contribution in [3.63, 3.8) is 0 Å². The lowest BCUT2D eigenvalue weighted by atomic mass is 10.0. The number of rotatable bonds is 3. The Morgan fingerprint density at radius 2 is 1.89 bits per heavy atom. The zero-order valence-electron chi connectivity index (χ0n) is 18.8. The highest BCUT2D eigenvalue weighted by Gasteiger charge is 2.30. The number of hydrogen-bond donors (Lipinski definition) is 4. The number of carbonyl (C=O) groups excluding carboxylic acids is 1. The molecule has 2 aliphatic heterocycles. The number of fused-ring (bicyclic) bond motifs is 1. The van der Waals surface area contributed by atoms with Gasteiger partial charge in [-0.05, 0) is 43.5 Å². The van der Waals surface area contributed by atoms with E-state index in [4.69, 9.17) is 17.5 Å². The molecule has 3 aromatic rings. The molecule has 4 heterocycles. The topological polar surface area (TPSA) is 161 Å². The lowest BCUT2D eigenvalue weighted by Crippen LogP contribution is -2.33. The van der Waals surface area contributed by atoms with Crippen LogP contribution in [0.3, 0.4) is 0 Å². The highest BCUT2D eigenvalue weighted by Crippen LogP contribution is 2.37. The molecule has 0 bridgehead atoms. The van der Waals surface area contributed by atoms with Gasteiger partial charge in [-0.15, -0.1) is 0 Å². The van der Waals surface area contributed by atoms with Gasteiger partial charge in [-0.1, -0.05) is 0 Å². The number of aliphatic hydroxyl groups excluding tert-OH is 1. The van der Waals surface area contributed by atoms with Crippen molar-refractivity contribution in [3.05, 3.63) is 53.9 Å². The van der Waals surface area contributed by atoms with Crippen LogP contribution in [0.25, 0.3) is 5.65 Å². The molecular formula is C21H24F2N6O6S. The van der Waals surface area contributed by atoms with Gasteiger partial charge in [0.15, 0.2) is 5.65 Å². The molecule has 0 aliphatic carbocycles. The Morgan fingerprint density at radius 1 is 1.14 bits per heavy atom. The Labute approximate surface area is 204 Å². The average Bonchev–Trinajstić information content (AvgIpc) is 3.54. The maximum Gasteiger partial charge on any atom is 0.394 e. The number of urea groups is 1. The normalized spacial score (nSPS) is 19.9. The summed E-state index contributed by atoms with van der Waals surface area (Å²) in [5.41, 5.74) is 1.21. The van der Waals surface area contributed by atoms with Crippen molar-refractivity contribution in [1.82, 2.24) is 19.5 Å². The molecule has 1 aromatic carbocycles. The number of nitrogens with one attached hydrogen (secondary N) is 1. The van der Waals surface area contributed by atoms with E-state index in [2.05, 4.69) is 15.4 Å². The zero-order valence-corrected chi connectivity index (χ0v) is 19.6. The molecule has 5 rings (SSSR count). The van der Waals surface area contributed by atoms with Gasteiger partial charge in [0.2, 0.25) is 0 Å². The third kappa shape index (κ3) is 6.04. The molecule has 4 N–H and O–H groups in total. The summed E-state index contributed by atoms with van der Waals surface area (Å²) in [6.45, 7) is 1.43. The maximum atomic E-state index is 14.4. The summed E-state index contributed by atoms with van der Waals surface area (Å²) in [5.74, 6) is -0.310. The monoisotopic (exact) mass is 526 g/mol. The van der Waals surface area contributed by atoms with Gasteiger partial charge in [0, 0.05) is 31.4 Å². The van der Waals surface area contributed by atoms with Crippen LogP contribution in [0.4, 0.5) is 25.1 Å². The largest absolute Gasteiger partial charge is 0.394 e. The molecule has 2 amide bonds. The van der Waals surface area contributed by atoms with Crippen LogP contribution in [0.5, 0.6) is 0 Å². The standard InChI is InChI=1S/C21H22F2N6O2.H2O4S/c22-13-3-4-16(23)15(10-13)18-2-1-7-28(18)19-6-9-29-20(26-19)17(11-24-29)25-21(31)27-8-5-14(30)12-27;1-5(2,3)4/h3-4,6,9-11,14,18,30H,1-2,5,7-8,12H2,(H,25,31);(H2,1,2,3,4)/t14?,18-;/m1./s1. The lowest BCUT2D eigenvalue weighted by Gasteiger charge is -2.26. The summed E-state index contributed by atoms with van der Waals surface area (Å²) in [6.07, 6.45) is 4.81. The van der Waals surface area contributed by atoms with E-state index in [1.807, 2.05) is 4.90 Å². The Kier molecular flexibility index (Phi) is 7.35. The molecule has 12 nitrogen and oxygen atoms in total. The number of β-amino-alcohol motifs (C(OH)–C–C–N with tert-alkyl or cyclic N) is 1. The molecule has 1 unspecified atom stereocenters. The van der Waals surface area contributed by atoms with Gasteiger partial charge in [-0.2, -0.15) is 13.5 Å². The van der Waals surface area contributed by atoms with Crippen LogP contribution in [0.1, 0.15) is 30.9 Å². The van der Waals surface area contributed by atoms with E-state index in [9.17, 15) is 18.7 Å². The molecule has 2 saturated heterocycles. The summed E-state index contributed by atoms with van der Waals surface area (Å²) < 4.78 is 61.3. The number of aromatic nitrogens is 3. The Bertz CT molecular complexity index is 1360. The van der Waals surface area contributed by atoms with E-state index in [0.29, 0.717) is 55.2 Å². The Hall–Kier alpha value is -3.40. The van der Waals surface area contributed by atoms with Crippen LogP contribution in [0, 0.1) is 11.6 Å². The van der Waals surface area contributed by atoms with E-state index in [0.717, 1.165) is 18.6 Å². The molecule has 2 atom stereocenters. The van der Waals surface area contributed by atoms with Crippen LogP contribution in [-0.4, -0.2) is 73.9 Å². The van der Waals surface area contributed by atoms with Gasteiger partial charge in [0.25, 0.3) is 0 Å². The summed E-state index contributed by atoms with van der Waals surface area (Å²) in [5, 5.41) is 16.7. The van der Waals surface area contributed by atoms with Crippen LogP contribution >= 0.6 is 0 Å². The van der Waals surface area contributed by atoms with Crippen LogP contribution in [-0.2, 0) is 10.4 Å². The van der Waals surface area contributed by atoms with Gasteiger partial charge in [0.1, 0.15) is 23.1 Å². The van der Waals surface area contributed by atoms with Gasteiger partial charge in [-0.25, -0.2) is 23.1 Å². The lowest BCUT2D eigenvalue weighted by molar-refractivity contribution is 0.176. The second kappa shape index (κ2) is 10.3. The smallest absolute Gasteiger partial charge is 0.391 e. The van der Waals surface area contributed by atoms with Crippen LogP contribution in [0.2, 0.25) is 0 Å². The summed E-state index contributed by atoms with van der Waals surface area (Å²) in [7, 11) is -4.67. The molecular weight excluding hydrogens is 502 g/mol. The number of hydrogen-bond acceptors (Lipinski definition) is 7. The second-order valence-electron chi connectivity index (χ2n) is 8.40. The molecule has 194 valence electrons. The fourth-order valence-corrected chi connectivity index (χ4v) is 4.36. The molecule has 15 heteroatoms. The van der Waals surface area contributed by atoms with E-state index in [1.54, 1.807) is 21.7 Å². The number of aliphatic hydroxyl groups is 1. The van der Waals surface area contributed by atoms with E-state index >= 15 is 0 Å². The van der Waals surface area contributed by atoms with E-state index in [-0.39, 0.29) is 12.1 Å². The molecule has 0 spiro atoms. The van der Waals surface area contributed by atoms with Gasteiger partial charge < -0.3 is 20.2 Å². The van der Waals surface area contributed by atoms with E-state index < -0.39 is 28.1 Å². The van der Waals surface area contributed by atoms with Crippen LogP contribution < -0.4 is 10.2 Å². The fraction of sp³-hybridized carbons (Fsp3) is 0.381. The molecule has 0 radical (unpaired) electrons. The second-order valence-corrected chi connectivity index (χ2v) is 9.29. The first kappa shape index (κ1) is 25.7. The minimum atomic E-state index is -4.67. The zero-order chi connectivity index (χ0) is 26.0. The third-order valence-electron chi connectivity index (χ3n) is 5.91. The predicted molar refractivity (Wildman–Crippen MR) is 124 cm³/mol. The minimum absolute atomic E-state index is 0.290. The number of anilines is 2. The molecule has 2 fully saturated rings. The number of likely N-dealkylation sites (tertiary alicyclic amines) is 1. The van der Waals surface area contributed by atoms with Crippen LogP contribution in [0.15, 0.2) is 36.7 Å². The highest BCUT2D eigenvalue weighted by atomic mass is 32.3. The summed E-state index contributed by atoms with van der Waals surface area (Å²) in [6, 6.07) is 4.64. The first-order chi connectivity index (χ1) is 17.0. The number of carbonyl (C=O) groups is 1. The summed E-state index contributed by atoms with van der Waals surface area (Å²) >= 11 is 0. The fourth-order valence-electron chi connectivity index (χ4n) is 4.36. The number of benzene rings is 1. The van der Waals surface area contributed by atoms with Crippen molar-refractivity contribution in [1.29, 1.82) is 0 Å². The van der Waals surface area contributed by atoms with E-state index in [1.165, 1.54) is 12.3 Å². The van der Waals surface area contributed by atoms with Crippen molar-refractivity contribution in [2.75, 3.05) is 29.9 Å². The van der Waals surface area contributed by atoms with Crippen molar-refractivity contribution in [2.24, 2.45) is 0 Å². The van der Waals surface area contributed by atoms with Crippen molar-refractivity contribution < 1.29 is 36.2 Å². The molecule has 36 heavy (non-hydrogen) atoms. The average molecular weight is 527 g/mol.